The average Bonchev–Trinajstić information content (AvgIpc) is 2.64. The Morgan fingerprint density at radius 1 is 1.10 bits per heavy atom. The minimum Gasteiger partial charge on any atom is -0.491 e. The standard InChI is InChI=1S/C23H32N2O4S/c1-17(2)29-22-13-7-10-20(16-22)11-8-14-24-23(26)19(4)25(30(5,27)28)21-12-6-9-18(3)15-21/h6-7,9-10,12-13,15-17,19H,8,11,14H2,1-5H3,(H,24,26). The van der Waals surface area contributed by atoms with Crippen LogP contribution in [0.3, 0.4) is 0 Å². The van der Waals surface area contributed by atoms with E-state index >= 15 is 0 Å². The van der Waals surface area contributed by atoms with Gasteiger partial charge in [0.2, 0.25) is 15.9 Å². The third-order valence-corrected chi connectivity index (χ3v) is 5.80. The zero-order valence-corrected chi connectivity index (χ0v) is 19.2. The van der Waals surface area contributed by atoms with Crippen LogP contribution in [0, 0.1) is 6.92 Å². The molecule has 0 saturated carbocycles. The van der Waals surface area contributed by atoms with Crippen LogP contribution in [0.4, 0.5) is 5.69 Å². The second kappa shape index (κ2) is 10.5. The summed E-state index contributed by atoms with van der Waals surface area (Å²) in [6, 6.07) is 14.2. The van der Waals surface area contributed by atoms with Crippen LogP contribution in [0.1, 0.15) is 38.3 Å². The zero-order chi connectivity index (χ0) is 22.3. The summed E-state index contributed by atoms with van der Waals surface area (Å²) in [6.45, 7) is 7.92. The van der Waals surface area contributed by atoms with Crippen LogP contribution in [0.25, 0.3) is 0 Å². The number of hydrogen-bond donors (Lipinski definition) is 1. The summed E-state index contributed by atoms with van der Waals surface area (Å²) >= 11 is 0. The highest BCUT2D eigenvalue weighted by molar-refractivity contribution is 7.92. The lowest BCUT2D eigenvalue weighted by molar-refractivity contribution is -0.121. The van der Waals surface area contributed by atoms with Crippen molar-refractivity contribution < 1.29 is 17.9 Å². The first-order valence-electron chi connectivity index (χ1n) is 10.2. The molecule has 30 heavy (non-hydrogen) atoms. The van der Waals surface area contributed by atoms with Gasteiger partial charge in [-0.1, -0.05) is 24.3 Å². The van der Waals surface area contributed by atoms with E-state index < -0.39 is 16.1 Å². The number of nitrogens with one attached hydrogen (secondary N) is 1. The monoisotopic (exact) mass is 432 g/mol. The van der Waals surface area contributed by atoms with E-state index in [2.05, 4.69) is 5.32 Å². The second-order valence-electron chi connectivity index (χ2n) is 7.78. The Hall–Kier alpha value is -2.54. The quantitative estimate of drug-likeness (QED) is 0.581. The number of carbonyl (C=O) groups excluding carboxylic acids is 1. The van der Waals surface area contributed by atoms with Crippen molar-refractivity contribution in [3.8, 4) is 5.75 Å². The van der Waals surface area contributed by atoms with Crippen LogP contribution in [0.15, 0.2) is 48.5 Å². The van der Waals surface area contributed by atoms with Gasteiger partial charge in [0.1, 0.15) is 11.8 Å². The number of carbonyl (C=O) groups is 1. The summed E-state index contributed by atoms with van der Waals surface area (Å²) in [5.74, 6) is 0.515. The molecule has 1 unspecified atom stereocenters. The lowest BCUT2D eigenvalue weighted by Gasteiger charge is -2.28. The number of hydrogen-bond acceptors (Lipinski definition) is 4. The van der Waals surface area contributed by atoms with E-state index in [4.69, 9.17) is 4.74 Å². The molecule has 0 aromatic heterocycles. The molecule has 2 aromatic carbocycles. The van der Waals surface area contributed by atoms with Crippen molar-refractivity contribution in [3.63, 3.8) is 0 Å². The molecule has 0 saturated heterocycles. The van der Waals surface area contributed by atoms with Crippen LogP contribution in [0.2, 0.25) is 0 Å². The number of benzene rings is 2. The Bertz CT molecular complexity index is 957. The minimum absolute atomic E-state index is 0.118. The Kier molecular flexibility index (Phi) is 8.29. The van der Waals surface area contributed by atoms with Gasteiger partial charge in [-0.25, -0.2) is 8.42 Å². The molecule has 1 atom stereocenters. The van der Waals surface area contributed by atoms with Crippen LogP contribution < -0.4 is 14.4 Å². The summed E-state index contributed by atoms with van der Waals surface area (Å²) in [6.07, 6.45) is 2.77. The lowest BCUT2D eigenvalue weighted by atomic mass is 10.1. The highest BCUT2D eigenvalue weighted by Gasteiger charge is 2.28. The molecule has 0 radical (unpaired) electrons. The molecule has 6 nitrogen and oxygen atoms in total. The van der Waals surface area contributed by atoms with E-state index in [-0.39, 0.29) is 12.0 Å². The van der Waals surface area contributed by atoms with Gasteiger partial charge >= 0.3 is 0 Å². The molecule has 0 bridgehead atoms. The van der Waals surface area contributed by atoms with Crippen molar-refractivity contribution in [1.29, 1.82) is 0 Å². The predicted octanol–water partition coefficient (Wildman–Crippen LogP) is 3.69. The first-order chi connectivity index (χ1) is 14.1. The topological polar surface area (TPSA) is 75.7 Å². The molecule has 7 heteroatoms. The Labute approximate surface area is 180 Å². The van der Waals surface area contributed by atoms with Crippen LogP contribution in [0.5, 0.6) is 5.75 Å². The Morgan fingerprint density at radius 2 is 1.80 bits per heavy atom. The number of amides is 1. The van der Waals surface area contributed by atoms with Gasteiger partial charge in [0.05, 0.1) is 18.0 Å². The smallest absolute Gasteiger partial charge is 0.243 e. The van der Waals surface area contributed by atoms with E-state index in [1.54, 1.807) is 25.1 Å². The largest absolute Gasteiger partial charge is 0.491 e. The van der Waals surface area contributed by atoms with Gasteiger partial charge in [-0.2, -0.15) is 0 Å². The maximum atomic E-state index is 12.6. The van der Waals surface area contributed by atoms with Crippen molar-refractivity contribution in [3.05, 3.63) is 59.7 Å². The van der Waals surface area contributed by atoms with E-state index in [0.29, 0.717) is 12.2 Å². The van der Waals surface area contributed by atoms with Gasteiger partial charge < -0.3 is 10.1 Å². The fourth-order valence-electron chi connectivity index (χ4n) is 3.27. The molecular formula is C23H32N2O4S. The minimum atomic E-state index is -3.61. The van der Waals surface area contributed by atoms with E-state index in [0.717, 1.165) is 36.0 Å². The number of aryl methyl sites for hydroxylation is 2. The molecule has 1 N–H and O–H groups in total. The lowest BCUT2D eigenvalue weighted by Crippen LogP contribution is -2.48. The molecule has 0 aliphatic heterocycles. The van der Waals surface area contributed by atoms with Gasteiger partial charge in [-0.3, -0.25) is 9.10 Å². The van der Waals surface area contributed by atoms with Crippen molar-refractivity contribution in [1.82, 2.24) is 5.32 Å². The van der Waals surface area contributed by atoms with Crippen molar-refractivity contribution in [2.45, 2.75) is 52.7 Å². The van der Waals surface area contributed by atoms with Gasteiger partial charge in [0, 0.05) is 6.54 Å². The first kappa shape index (κ1) is 23.7. The fraction of sp³-hybridized carbons (Fsp3) is 0.435. The van der Waals surface area contributed by atoms with Crippen molar-refractivity contribution in [2.24, 2.45) is 0 Å². The molecular weight excluding hydrogens is 400 g/mol. The zero-order valence-electron chi connectivity index (χ0n) is 18.4. The molecule has 2 aromatic rings. The van der Waals surface area contributed by atoms with Crippen molar-refractivity contribution >= 4 is 21.6 Å². The molecule has 1 amide bonds. The van der Waals surface area contributed by atoms with Crippen LogP contribution in [-0.2, 0) is 21.2 Å². The van der Waals surface area contributed by atoms with E-state index in [9.17, 15) is 13.2 Å². The van der Waals surface area contributed by atoms with E-state index in [1.807, 2.05) is 51.1 Å². The third kappa shape index (κ3) is 7.06. The second-order valence-corrected chi connectivity index (χ2v) is 9.64. The van der Waals surface area contributed by atoms with Crippen LogP contribution in [-0.4, -0.2) is 39.3 Å². The maximum Gasteiger partial charge on any atom is 0.243 e. The number of ether oxygens (including phenoxy) is 1. The van der Waals surface area contributed by atoms with Gasteiger partial charge in [-0.05, 0) is 75.9 Å². The maximum absolute atomic E-state index is 12.6. The normalized spacial score (nSPS) is 12.5. The molecule has 0 aliphatic rings. The summed E-state index contributed by atoms with van der Waals surface area (Å²) in [7, 11) is -3.61. The van der Waals surface area contributed by atoms with Crippen LogP contribution >= 0.6 is 0 Å². The number of sulfonamides is 1. The average molecular weight is 433 g/mol. The number of anilines is 1. The van der Waals surface area contributed by atoms with E-state index in [1.165, 1.54) is 4.31 Å². The molecule has 164 valence electrons. The number of nitrogens with zero attached hydrogens (tertiary/aromatic N) is 1. The van der Waals surface area contributed by atoms with Gasteiger partial charge in [-0.15, -0.1) is 0 Å². The van der Waals surface area contributed by atoms with Gasteiger partial charge in [0.15, 0.2) is 0 Å². The summed E-state index contributed by atoms with van der Waals surface area (Å²) in [5, 5.41) is 2.86. The predicted molar refractivity (Wildman–Crippen MR) is 122 cm³/mol. The Balaban J connectivity index is 1.95. The summed E-state index contributed by atoms with van der Waals surface area (Å²) in [4.78, 5) is 12.6. The summed E-state index contributed by atoms with van der Waals surface area (Å²) < 4.78 is 31.6. The molecule has 0 spiro atoms. The van der Waals surface area contributed by atoms with Crippen molar-refractivity contribution in [2.75, 3.05) is 17.1 Å². The Morgan fingerprint density at radius 3 is 2.43 bits per heavy atom. The number of rotatable bonds is 10. The fourth-order valence-corrected chi connectivity index (χ4v) is 4.44. The van der Waals surface area contributed by atoms with Gasteiger partial charge in [0.25, 0.3) is 0 Å². The molecule has 0 aliphatic carbocycles. The molecule has 0 heterocycles. The SMILES string of the molecule is Cc1cccc(N(C(C)C(=O)NCCCc2cccc(OC(C)C)c2)S(C)(=O)=O)c1. The highest BCUT2D eigenvalue weighted by Crippen LogP contribution is 2.22. The third-order valence-electron chi connectivity index (χ3n) is 4.56. The first-order valence-corrected chi connectivity index (χ1v) is 12.0. The molecule has 2 rings (SSSR count). The summed E-state index contributed by atoms with van der Waals surface area (Å²) in [5.41, 5.74) is 2.55. The molecule has 0 fully saturated rings. The highest BCUT2D eigenvalue weighted by atomic mass is 32.2.